The van der Waals surface area contributed by atoms with Gasteiger partial charge >= 0.3 is 0 Å². The second-order valence-corrected chi connectivity index (χ2v) is 3.77. The molecule has 86 valence electrons. The predicted octanol–water partition coefficient (Wildman–Crippen LogP) is -0.633. The number of hydrogen-bond donors (Lipinski definition) is 2. The van der Waals surface area contributed by atoms with Gasteiger partial charge < -0.3 is 15.0 Å². The maximum absolute atomic E-state index is 12.0. The minimum Gasteiger partial charge on any atom is -0.394 e. The summed E-state index contributed by atoms with van der Waals surface area (Å²) < 4.78 is 0. The van der Waals surface area contributed by atoms with E-state index in [1.54, 1.807) is 4.90 Å². The summed E-state index contributed by atoms with van der Waals surface area (Å²) in [7, 11) is 0. The van der Waals surface area contributed by atoms with Crippen LogP contribution in [0.3, 0.4) is 0 Å². The maximum atomic E-state index is 12.0. The van der Waals surface area contributed by atoms with E-state index in [1.807, 2.05) is 0 Å². The van der Waals surface area contributed by atoms with E-state index in [9.17, 15) is 9.59 Å². The Bertz CT molecular complexity index is 423. The normalized spacial score (nSPS) is 20.1. The minimum atomic E-state index is -0.336. The summed E-state index contributed by atoms with van der Waals surface area (Å²) in [6.07, 6.45) is 4.08. The molecule has 1 amide bonds. The number of amides is 1. The van der Waals surface area contributed by atoms with Crippen LogP contribution in [0, 0.1) is 0 Å². The lowest BCUT2D eigenvalue weighted by molar-refractivity contribution is 0.0671. The number of aromatic amines is 1. The molecule has 0 aromatic carbocycles. The van der Waals surface area contributed by atoms with E-state index in [0.717, 1.165) is 19.0 Å². The zero-order valence-electron chi connectivity index (χ0n) is 8.72. The van der Waals surface area contributed by atoms with Gasteiger partial charge in [0.2, 0.25) is 0 Å². The number of carbonyl (C=O) groups is 1. The number of rotatable bonds is 2. The van der Waals surface area contributed by atoms with Gasteiger partial charge in [-0.05, 0) is 12.8 Å². The van der Waals surface area contributed by atoms with E-state index in [1.165, 1.54) is 6.20 Å². The average Bonchev–Trinajstić information content (AvgIpc) is 2.77. The third kappa shape index (κ3) is 1.96. The first-order valence-corrected chi connectivity index (χ1v) is 5.19. The molecule has 1 aliphatic heterocycles. The van der Waals surface area contributed by atoms with Gasteiger partial charge in [0.1, 0.15) is 5.69 Å². The first-order valence-electron chi connectivity index (χ1n) is 5.19. The molecule has 0 spiro atoms. The topological polar surface area (TPSA) is 86.3 Å². The van der Waals surface area contributed by atoms with Crippen LogP contribution >= 0.6 is 0 Å². The van der Waals surface area contributed by atoms with Crippen molar-refractivity contribution in [1.82, 2.24) is 14.9 Å². The van der Waals surface area contributed by atoms with Gasteiger partial charge in [-0.3, -0.25) is 9.59 Å². The highest BCUT2D eigenvalue weighted by molar-refractivity contribution is 5.92. The van der Waals surface area contributed by atoms with Gasteiger partial charge in [-0.1, -0.05) is 0 Å². The molecule has 2 N–H and O–H groups in total. The second kappa shape index (κ2) is 4.44. The second-order valence-electron chi connectivity index (χ2n) is 3.77. The number of carbonyl (C=O) groups excluding carboxylic acids is 1. The smallest absolute Gasteiger partial charge is 0.274 e. The lowest BCUT2D eigenvalue weighted by atomic mass is 10.2. The number of aliphatic hydroxyl groups excluding tert-OH is 1. The zero-order chi connectivity index (χ0) is 11.5. The molecular weight excluding hydrogens is 210 g/mol. The number of likely N-dealkylation sites (tertiary alicyclic amines) is 1. The molecule has 1 aromatic heterocycles. The van der Waals surface area contributed by atoms with Crippen molar-refractivity contribution in [3.63, 3.8) is 0 Å². The highest BCUT2D eigenvalue weighted by Gasteiger charge is 2.29. The number of aliphatic hydroxyl groups is 1. The fourth-order valence-electron chi connectivity index (χ4n) is 1.90. The number of nitrogens with zero attached hydrogens (tertiary/aromatic N) is 2. The molecule has 0 radical (unpaired) electrons. The van der Waals surface area contributed by atoms with Gasteiger partial charge in [0.25, 0.3) is 11.5 Å². The fourth-order valence-corrected chi connectivity index (χ4v) is 1.90. The molecule has 2 heterocycles. The minimum absolute atomic E-state index is 0.0326. The zero-order valence-corrected chi connectivity index (χ0v) is 8.72. The lowest BCUT2D eigenvalue weighted by Crippen LogP contribution is -2.38. The molecule has 1 atom stereocenters. The summed E-state index contributed by atoms with van der Waals surface area (Å²) in [5.41, 5.74) is -0.128. The third-order valence-corrected chi connectivity index (χ3v) is 2.74. The number of nitrogens with one attached hydrogen (secondary N) is 1. The van der Waals surface area contributed by atoms with Crippen LogP contribution in [0.4, 0.5) is 0 Å². The van der Waals surface area contributed by atoms with Crippen molar-refractivity contribution in [3.8, 4) is 0 Å². The standard InChI is InChI=1S/C10H13N3O3/c14-6-7-2-1-3-13(7)10(16)8-4-12-9(15)5-11-8/h4-5,7,14H,1-3,6H2,(H,12,15)/t7-/m0/s1. The SMILES string of the molecule is O=C(c1c[nH]c(=O)cn1)N1CCC[C@H]1CO. The number of H-pyrrole nitrogens is 1. The Morgan fingerprint density at radius 2 is 2.50 bits per heavy atom. The van der Waals surface area contributed by atoms with Crippen molar-refractivity contribution in [2.75, 3.05) is 13.2 Å². The molecule has 1 saturated heterocycles. The van der Waals surface area contributed by atoms with Crippen LogP contribution in [0.25, 0.3) is 0 Å². The highest BCUT2D eigenvalue weighted by atomic mass is 16.3. The van der Waals surface area contributed by atoms with Crippen LogP contribution in [-0.2, 0) is 0 Å². The fraction of sp³-hybridized carbons (Fsp3) is 0.500. The Morgan fingerprint density at radius 1 is 1.69 bits per heavy atom. The Kier molecular flexibility index (Phi) is 3.00. The summed E-state index contributed by atoms with van der Waals surface area (Å²) in [6, 6.07) is -0.124. The molecule has 0 unspecified atom stereocenters. The average molecular weight is 223 g/mol. The molecular formula is C10H13N3O3. The van der Waals surface area contributed by atoms with Crippen molar-refractivity contribution >= 4 is 5.91 Å². The van der Waals surface area contributed by atoms with Crippen LogP contribution in [-0.4, -0.2) is 45.1 Å². The maximum Gasteiger partial charge on any atom is 0.274 e. The Labute approximate surface area is 91.9 Å². The van der Waals surface area contributed by atoms with E-state index >= 15 is 0 Å². The molecule has 16 heavy (non-hydrogen) atoms. The Hall–Kier alpha value is -1.69. The molecule has 1 fully saturated rings. The number of aromatic nitrogens is 2. The quantitative estimate of drug-likeness (QED) is 0.698. The van der Waals surface area contributed by atoms with Gasteiger partial charge in [0.05, 0.1) is 18.8 Å². The first-order chi connectivity index (χ1) is 7.72. The predicted molar refractivity (Wildman–Crippen MR) is 56.0 cm³/mol. The molecule has 6 nitrogen and oxygen atoms in total. The van der Waals surface area contributed by atoms with Gasteiger partial charge in [0, 0.05) is 12.7 Å². The number of hydrogen-bond acceptors (Lipinski definition) is 4. The van der Waals surface area contributed by atoms with Crippen LogP contribution in [0.15, 0.2) is 17.2 Å². The molecule has 0 aliphatic carbocycles. The van der Waals surface area contributed by atoms with Crippen molar-refractivity contribution in [1.29, 1.82) is 0 Å². The van der Waals surface area contributed by atoms with E-state index in [0.29, 0.717) is 6.54 Å². The van der Waals surface area contributed by atoms with E-state index in [2.05, 4.69) is 9.97 Å². The Morgan fingerprint density at radius 3 is 3.12 bits per heavy atom. The summed E-state index contributed by atoms with van der Waals surface area (Å²) >= 11 is 0. The highest BCUT2D eigenvalue weighted by Crippen LogP contribution is 2.18. The van der Waals surface area contributed by atoms with Crippen LogP contribution in [0.1, 0.15) is 23.3 Å². The van der Waals surface area contributed by atoms with Crippen LogP contribution in [0.5, 0.6) is 0 Å². The van der Waals surface area contributed by atoms with Gasteiger partial charge in [-0.2, -0.15) is 0 Å². The molecule has 1 aliphatic rings. The largest absolute Gasteiger partial charge is 0.394 e. The van der Waals surface area contributed by atoms with Gasteiger partial charge in [-0.15, -0.1) is 0 Å². The van der Waals surface area contributed by atoms with Crippen molar-refractivity contribution in [2.45, 2.75) is 18.9 Å². The Balaban J connectivity index is 2.18. The molecule has 6 heteroatoms. The lowest BCUT2D eigenvalue weighted by Gasteiger charge is -2.22. The van der Waals surface area contributed by atoms with Gasteiger partial charge in [-0.25, -0.2) is 4.98 Å². The van der Waals surface area contributed by atoms with E-state index < -0.39 is 0 Å². The summed E-state index contributed by atoms with van der Waals surface area (Å²) in [4.78, 5) is 30.5. The van der Waals surface area contributed by atoms with Crippen molar-refractivity contribution in [2.24, 2.45) is 0 Å². The molecule has 0 bridgehead atoms. The van der Waals surface area contributed by atoms with Crippen LogP contribution in [0.2, 0.25) is 0 Å². The monoisotopic (exact) mass is 223 g/mol. The molecule has 1 aromatic rings. The summed E-state index contributed by atoms with van der Waals surface area (Å²) in [6.45, 7) is 0.597. The van der Waals surface area contributed by atoms with Gasteiger partial charge in [0.15, 0.2) is 0 Å². The van der Waals surface area contributed by atoms with Crippen LogP contribution < -0.4 is 5.56 Å². The van der Waals surface area contributed by atoms with Crippen molar-refractivity contribution < 1.29 is 9.90 Å². The van der Waals surface area contributed by atoms with Crippen molar-refractivity contribution in [3.05, 3.63) is 28.4 Å². The molecule has 2 rings (SSSR count). The summed E-state index contributed by atoms with van der Waals surface area (Å²) in [5, 5.41) is 9.10. The van der Waals surface area contributed by atoms with E-state index in [-0.39, 0.29) is 29.8 Å². The third-order valence-electron chi connectivity index (χ3n) is 2.74. The molecule has 0 saturated carbocycles. The van der Waals surface area contributed by atoms with E-state index in [4.69, 9.17) is 5.11 Å². The summed E-state index contributed by atoms with van der Waals surface area (Å²) in [5.74, 6) is -0.243. The first kappa shape index (κ1) is 10.8.